The minimum absolute atomic E-state index is 0. The molecule has 0 saturated carbocycles. The Bertz CT molecular complexity index is 322. The Morgan fingerprint density at radius 3 is 2.91 bits per heavy atom. The zero-order valence-electron chi connectivity index (χ0n) is 5.81. The topological polar surface area (TPSA) is 35.0 Å². The summed E-state index contributed by atoms with van der Waals surface area (Å²) in [7, 11) is 0. The predicted octanol–water partition coefficient (Wildman–Crippen LogP) is -3.06. The van der Waals surface area contributed by atoms with Crippen LogP contribution in [-0.2, 0) is 0 Å². The second-order valence-electron chi connectivity index (χ2n) is 2.22. The van der Waals surface area contributed by atoms with Crippen molar-refractivity contribution in [3.05, 3.63) is 36.9 Å². The van der Waals surface area contributed by atoms with Crippen molar-refractivity contribution in [2.45, 2.75) is 0 Å². The highest BCUT2D eigenvalue weighted by Crippen LogP contribution is 1.91. The third-order valence-electron chi connectivity index (χ3n) is 1.46. The summed E-state index contributed by atoms with van der Waals surface area (Å²) in [6, 6.07) is 5.95. The van der Waals surface area contributed by atoms with Crippen molar-refractivity contribution < 1.29 is 28.4 Å². The van der Waals surface area contributed by atoms with Crippen molar-refractivity contribution in [2.75, 3.05) is 5.84 Å². The van der Waals surface area contributed by atoms with E-state index in [0.717, 1.165) is 5.52 Å². The van der Waals surface area contributed by atoms with Crippen LogP contribution in [0.1, 0.15) is 0 Å². The lowest BCUT2D eigenvalue weighted by atomic mass is 10.4. The Kier molecular flexibility index (Phi) is 2.33. The smallest absolute Gasteiger partial charge is 0.272 e. The van der Waals surface area contributed by atoms with Crippen LogP contribution < -0.4 is 34.2 Å². The molecule has 0 unspecified atom stereocenters. The molecule has 0 spiro atoms. The number of imidazole rings is 1. The van der Waals surface area contributed by atoms with Crippen molar-refractivity contribution in [2.24, 2.45) is 0 Å². The quantitative estimate of drug-likeness (QED) is 0.305. The third kappa shape index (κ3) is 1.45. The molecule has 0 saturated heterocycles. The lowest BCUT2D eigenvalue weighted by Gasteiger charge is -1.78. The van der Waals surface area contributed by atoms with E-state index in [-0.39, 0.29) is 24.0 Å². The molecule has 0 fully saturated rings. The van der Waals surface area contributed by atoms with Crippen LogP contribution in [0, 0.1) is 0 Å². The maximum atomic E-state index is 5.49. The molecule has 0 aliphatic heterocycles. The van der Waals surface area contributed by atoms with Crippen LogP contribution >= 0.6 is 0 Å². The molecule has 0 radical (unpaired) electrons. The summed E-state index contributed by atoms with van der Waals surface area (Å²) < 4.78 is 3.50. The molecule has 0 aliphatic rings. The monoisotopic (exact) mass is 261 g/mol. The highest BCUT2D eigenvalue weighted by atomic mass is 127. The minimum Gasteiger partial charge on any atom is -1.00 e. The third-order valence-corrected chi connectivity index (χ3v) is 1.46. The average molecular weight is 261 g/mol. The van der Waals surface area contributed by atoms with Crippen molar-refractivity contribution in [3.63, 3.8) is 0 Å². The van der Waals surface area contributed by atoms with Gasteiger partial charge in [-0.2, -0.15) is 0 Å². The number of fused-ring (bicyclic) bond motifs is 1. The zero-order valence-corrected chi connectivity index (χ0v) is 7.97. The lowest BCUT2D eigenvalue weighted by Crippen LogP contribution is -3.00. The van der Waals surface area contributed by atoms with Crippen LogP contribution in [0.4, 0.5) is 0 Å². The molecule has 2 heterocycles. The van der Waals surface area contributed by atoms with Crippen molar-refractivity contribution in [1.82, 2.24) is 4.68 Å². The van der Waals surface area contributed by atoms with E-state index in [1.54, 1.807) is 0 Å². The van der Waals surface area contributed by atoms with Gasteiger partial charge >= 0.3 is 0 Å². The Morgan fingerprint density at radius 1 is 1.36 bits per heavy atom. The number of hydrogen-bond acceptors (Lipinski definition) is 1. The first kappa shape index (κ1) is 8.32. The summed E-state index contributed by atoms with van der Waals surface area (Å²) in [5.74, 6) is 5.49. The fourth-order valence-corrected chi connectivity index (χ4v) is 1.01. The van der Waals surface area contributed by atoms with E-state index in [2.05, 4.69) is 0 Å². The molecular weight excluding hydrogens is 253 g/mol. The Balaban J connectivity index is 0.000000605. The van der Waals surface area contributed by atoms with Gasteiger partial charge in [-0.25, -0.2) is 4.40 Å². The van der Waals surface area contributed by atoms with E-state index in [9.17, 15) is 0 Å². The molecule has 4 heteroatoms. The van der Waals surface area contributed by atoms with Gasteiger partial charge in [0.15, 0.2) is 11.7 Å². The molecule has 0 aromatic carbocycles. The molecule has 0 atom stereocenters. The van der Waals surface area contributed by atoms with Gasteiger partial charge in [0.2, 0.25) is 0 Å². The number of hydrogen-bond donors (Lipinski definition) is 1. The Hall–Kier alpha value is -0.780. The lowest BCUT2D eigenvalue weighted by molar-refractivity contribution is -0.512. The van der Waals surface area contributed by atoms with E-state index in [4.69, 9.17) is 5.84 Å². The molecule has 0 aliphatic carbocycles. The van der Waals surface area contributed by atoms with Crippen molar-refractivity contribution >= 4 is 5.52 Å². The van der Waals surface area contributed by atoms with Crippen molar-refractivity contribution in [3.8, 4) is 0 Å². The zero-order chi connectivity index (χ0) is 6.97. The summed E-state index contributed by atoms with van der Waals surface area (Å²) in [5, 5.41) is 0. The molecule has 2 rings (SSSR count). The van der Waals surface area contributed by atoms with E-state index >= 15 is 0 Å². The molecule has 2 N–H and O–H groups in total. The second-order valence-corrected chi connectivity index (χ2v) is 2.22. The number of nitrogens with zero attached hydrogens (tertiary/aromatic N) is 2. The summed E-state index contributed by atoms with van der Waals surface area (Å²) in [6.45, 7) is 0. The largest absolute Gasteiger partial charge is 1.00 e. The highest BCUT2D eigenvalue weighted by Gasteiger charge is 1.99. The molecule has 11 heavy (non-hydrogen) atoms. The maximum absolute atomic E-state index is 5.49. The van der Waals surface area contributed by atoms with Crippen LogP contribution in [-0.4, -0.2) is 4.68 Å². The number of pyridine rings is 1. The molecule has 3 nitrogen and oxygen atoms in total. The first-order valence-electron chi connectivity index (χ1n) is 3.09. The van der Waals surface area contributed by atoms with E-state index in [0.29, 0.717) is 0 Å². The van der Waals surface area contributed by atoms with Gasteiger partial charge in [-0.15, -0.1) is 4.68 Å². The van der Waals surface area contributed by atoms with Crippen LogP contribution in [0.3, 0.4) is 0 Å². The van der Waals surface area contributed by atoms with Gasteiger partial charge in [-0.05, 0) is 12.1 Å². The summed E-state index contributed by atoms with van der Waals surface area (Å²) in [5.41, 5.74) is 1.10. The summed E-state index contributed by atoms with van der Waals surface area (Å²) in [6.07, 6.45) is 5.63. The van der Waals surface area contributed by atoms with Crippen LogP contribution in [0.2, 0.25) is 0 Å². The van der Waals surface area contributed by atoms with Gasteiger partial charge in [0, 0.05) is 0 Å². The number of nitrogens with two attached hydrogens (primary N) is 1. The number of aromatic nitrogens is 2. The summed E-state index contributed by atoms with van der Waals surface area (Å²) in [4.78, 5) is 0. The fourth-order valence-electron chi connectivity index (χ4n) is 1.01. The van der Waals surface area contributed by atoms with Crippen LogP contribution in [0.15, 0.2) is 36.9 Å². The van der Waals surface area contributed by atoms with Gasteiger partial charge in [-0.1, -0.05) is 6.07 Å². The van der Waals surface area contributed by atoms with E-state index in [1.165, 1.54) is 4.68 Å². The fraction of sp³-hybridized carbons (Fsp3) is 0. The first-order valence-corrected chi connectivity index (χ1v) is 3.09. The Labute approximate surface area is 81.4 Å². The van der Waals surface area contributed by atoms with Crippen LogP contribution in [0.25, 0.3) is 5.52 Å². The minimum atomic E-state index is 0. The molecule has 2 aromatic heterocycles. The van der Waals surface area contributed by atoms with Gasteiger partial charge in [-0.3, -0.25) is 5.84 Å². The standard InChI is InChI=1S/C7H8N3.HI/c8-10-5-7-3-1-2-4-9(7)6-10;/h1-6H,8H2;1H/q+1;/p-1. The summed E-state index contributed by atoms with van der Waals surface area (Å²) >= 11 is 0. The maximum Gasteiger partial charge on any atom is 0.272 e. The van der Waals surface area contributed by atoms with Gasteiger partial charge in [0.25, 0.3) is 6.33 Å². The predicted molar refractivity (Wildman–Crippen MR) is 37.7 cm³/mol. The van der Waals surface area contributed by atoms with E-state index < -0.39 is 0 Å². The highest BCUT2D eigenvalue weighted by molar-refractivity contribution is 5.35. The van der Waals surface area contributed by atoms with E-state index in [1.807, 2.05) is 41.3 Å². The first-order chi connectivity index (χ1) is 4.86. The van der Waals surface area contributed by atoms with Gasteiger partial charge in [0.05, 0.1) is 6.20 Å². The number of rotatable bonds is 0. The second kappa shape index (κ2) is 3.08. The normalized spacial score (nSPS) is 9.45. The molecule has 0 bridgehead atoms. The molecule has 2 aromatic rings. The van der Waals surface area contributed by atoms with Crippen molar-refractivity contribution in [1.29, 1.82) is 0 Å². The SMILES string of the molecule is Nn1cc2cccc[n+]2c1.[I-]. The van der Waals surface area contributed by atoms with Crippen LogP contribution in [0.5, 0.6) is 0 Å². The van der Waals surface area contributed by atoms with Gasteiger partial charge < -0.3 is 24.0 Å². The molecular formula is C7H8IN3. The molecule has 0 amide bonds. The Morgan fingerprint density at radius 2 is 2.18 bits per heavy atom. The number of nitrogen functional groups attached to an aromatic ring is 1. The van der Waals surface area contributed by atoms with Gasteiger partial charge in [0.1, 0.15) is 0 Å². The number of halogens is 1. The molecule has 58 valence electrons. The average Bonchev–Trinajstić information content (AvgIpc) is 2.27.